The minimum Gasteiger partial charge on any atom is -0.481 e. The molecule has 0 bridgehead atoms. The molecule has 0 unspecified atom stereocenters. The Morgan fingerprint density at radius 3 is 2.32 bits per heavy atom. The summed E-state index contributed by atoms with van der Waals surface area (Å²) >= 11 is 1.18. The number of rotatable bonds is 4. The molecule has 4 rings (SSSR count). The Kier molecular flexibility index (Phi) is 7.49. The van der Waals surface area contributed by atoms with Crippen molar-refractivity contribution in [2.45, 2.75) is 20.8 Å². The van der Waals surface area contributed by atoms with Gasteiger partial charge in [-0.3, -0.25) is 19.2 Å². The highest BCUT2D eigenvalue weighted by Crippen LogP contribution is 2.27. The summed E-state index contributed by atoms with van der Waals surface area (Å²) in [6.07, 6.45) is 1.68. The molecule has 34 heavy (non-hydrogen) atoms. The number of benzene rings is 2. The number of carbonyl (C=O) groups excluding carboxylic acids is 2. The van der Waals surface area contributed by atoms with E-state index in [1.165, 1.54) is 29.7 Å². The third-order valence-corrected chi connectivity index (χ3v) is 4.94. The number of aromatic nitrogens is 3. The molecule has 0 atom stereocenters. The van der Waals surface area contributed by atoms with Crippen LogP contribution in [0.2, 0.25) is 0 Å². The van der Waals surface area contributed by atoms with Gasteiger partial charge in [0.2, 0.25) is 4.96 Å². The molecule has 1 N–H and O–H groups in total. The summed E-state index contributed by atoms with van der Waals surface area (Å²) in [5, 5.41) is 11.7. The van der Waals surface area contributed by atoms with Gasteiger partial charge in [-0.25, -0.2) is 0 Å². The maximum Gasteiger partial charge on any atom is 0.308 e. The van der Waals surface area contributed by atoms with E-state index in [1.807, 2.05) is 0 Å². The van der Waals surface area contributed by atoms with E-state index in [4.69, 9.17) is 19.4 Å². The van der Waals surface area contributed by atoms with E-state index in [9.17, 15) is 14.4 Å². The predicted octanol–water partition coefficient (Wildman–Crippen LogP) is 2.31. The Balaban J connectivity index is 0.000000751. The van der Waals surface area contributed by atoms with E-state index < -0.39 is 17.9 Å². The number of para-hydroxylation sites is 1. The van der Waals surface area contributed by atoms with Crippen molar-refractivity contribution in [1.29, 1.82) is 0 Å². The van der Waals surface area contributed by atoms with Crippen LogP contribution in [0.15, 0.2) is 53.3 Å². The van der Waals surface area contributed by atoms with Crippen LogP contribution < -0.4 is 19.6 Å². The van der Waals surface area contributed by atoms with Crippen LogP contribution in [0.5, 0.6) is 11.5 Å². The number of esters is 2. The molecule has 174 valence electrons. The lowest BCUT2D eigenvalue weighted by Gasteiger charge is -2.04. The summed E-state index contributed by atoms with van der Waals surface area (Å²) in [6, 6.07) is 13.7. The fourth-order valence-corrected chi connectivity index (χ4v) is 3.74. The van der Waals surface area contributed by atoms with E-state index in [2.05, 4.69) is 10.1 Å². The second-order valence-corrected chi connectivity index (χ2v) is 7.83. The molecule has 0 aliphatic rings. The summed E-state index contributed by atoms with van der Waals surface area (Å²) < 4.78 is 11.9. The summed E-state index contributed by atoms with van der Waals surface area (Å²) in [6.45, 7) is 3.72. The van der Waals surface area contributed by atoms with Gasteiger partial charge in [0.1, 0.15) is 11.5 Å². The van der Waals surface area contributed by atoms with Crippen LogP contribution in [0.3, 0.4) is 0 Å². The lowest BCUT2D eigenvalue weighted by Crippen LogP contribution is -2.23. The minimum absolute atomic E-state index is 0.290. The van der Waals surface area contributed by atoms with Gasteiger partial charge in [0.15, 0.2) is 5.82 Å². The van der Waals surface area contributed by atoms with Gasteiger partial charge >= 0.3 is 11.9 Å². The van der Waals surface area contributed by atoms with Gasteiger partial charge in [-0.2, -0.15) is 9.50 Å². The van der Waals surface area contributed by atoms with Crippen molar-refractivity contribution < 1.29 is 29.0 Å². The van der Waals surface area contributed by atoms with E-state index in [-0.39, 0.29) is 5.56 Å². The quantitative estimate of drug-likeness (QED) is 0.344. The van der Waals surface area contributed by atoms with Gasteiger partial charge in [-0.1, -0.05) is 35.6 Å². The van der Waals surface area contributed by atoms with Gasteiger partial charge in [0.25, 0.3) is 11.5 Å². The molecule has 0 amide bonds. The Morgan fingerprint density at radius 1 is 1.00 bits per heavy atom. The molecule has 0 saturated heterocycles. The molecule has 2 aromatic carbocycles. The number of nitrogens with zero attached hydrogens (tertiary/aromatic N) is 3. The molecule has 0 aliphatic carbocycles. The Bertz CT molecular complexity index is 1490. The Hall–Kier alpha value is -4.38. The largest absolute Gasteiger partial charge is 0.481 e. The molecule has 0 spiro atoms. The van der Waals surface area contributed by atoms with Crippen LogP contribution in [0.4, 0.5) is 0 Å². The maximum absolute atomic E-state index is 12.8. The summed E-state index contributed by atoms with van der Waals surface area (Å²) in [4.78, 5) is 49.1. The van der Waals surface area contributed by atoms with Crippen molar-refractivity contribution in [1.82, 2.24) is 14.6 Å². The first-order chi connectivity index (χ1) is 16.1. The number of ether oxygens (including phenoxy) is 2. The van der Waals surface area contributed by atoms with Gasteiger partial charge in [-0.05, 0) is 35.9 Å². The number of hydrogen-bond acceptors (Lipinski definition) is 9. The zero-order valence-electron chi connectivity index (χ0n) is 18.3. The van der Waals surface area contributed by atoms with E-state index in [1.54, 1.807) is 54.6 Å². The molecular weight excluding hydrogens is 462 g/mol. The van der Waals surface area contributed by atoms with E-state index in [0.29, 0.717) is 37.9 Å². The highest BCUT2D eigenvalue weighted by atomic mass is 32.1. The van der Waals surface area contributed by atoms with Crippen molar-refractivity contribution in [3.63, 3.8) is 0 Å². The smallest absolute Gasteiger partial charge is 0.308 e. The molecule has 2 aromatic heterocycles. The highest BCUT2D eigenvalue weighted by molar-refractivity contribution is 7.15. The fraction of sp³-hybridized carbons (Fsp3) is 0.130. The number of hydrogen-bond donors (Lipinski definition) is 1. The fourth-order valence-electron chi connectivity index (χ4n) is 2.83. The summed E-state index contributed by atoms with van der Waals surface area (Å²) in [5.74, 6) is -0.700. The standard InChI is InChI=1S/C21H15N3O5S.C2H4O2/c1-12(25)28-15-7-5-6-14(10-15)11-18-20(27)24-21(30-18)22-19(23-24)16-8-3-4-9-17(16)29-13(2)26;1-2(3)4/h3-11H,1-2H3;1H3,(H,3,4)/b18-11-;. The maximum atomic E-state index is 12.8. The second kappa shape index (κ2) is 10.5. The third-order valence-electron chi connectivity index (χ3n) is 3.98. The van der Waals surface area contributed by atoms with Gasteiger partial charge in [0.05, 0.1) is 10.1 Å². The topological polar surface area (TPSA) is 137 Å². The van der Waals surface area contributed by atoms with Crippen molar-refractivity contribution in [3.05, 3.63) is 69.0 Å². The molecule has 0 fully saturated rings. The molecule has 2 heterocycles. The number of carbonyl (C=O) groups is 3. The molecule has 11 heteroatoms. The normalized spacial score (nSPS) is 11.0. The van der Waals surface area contributed by atoms with E-state index in [0.717, 1.165) is 6.92 Å². The van der Waals surface area contributed by atoms with Crippen LogP contribution in [0, 0.1) is 0 Å². The van der Waals surface area contributed by atoms with Crippen LogP contribution >= 0.6 is 11.3 Å². The number of carboxylic acids is 1. The third kappa shape index (κ3) is 6.11. The SMILES string of the molecule is CC(=O)O.CC(=O)Oc1cccc(/C=c2\sc3nc(-c4ccccc4OC(C)=O)nn3c2=O)c1. The van der Waals surface area contributed by atoms with Crippen LogP contribution in [-0.4, -0.2) is 37.6 Å². The zero-order chi connectivity index (χ0) is 24.8. The molecule has 0 saturated carbocycles. The van der Waals surface area contributed by atoms with Crippen molar-refractivity contribution in [2.24, 2.45) is 0 Å². The number of fused-ring (bicyclic) bond motifs is 1. The minimum atomic E-state index is -0.833. The number of aliphatic carboxylic acids is 1. The molecule has 0 aliphatic heterocycles. The first-order valence-electron chi connectivity index (χ1n) is 9.81. The Labute approximate surface area is 196 Å². The average molecular weight is 481 g/mol. The van der Waals surface area contributed by atoms with Gasteiger partial charge in [0, 0.05) is 20.8 Å². The lowest BCUT2D eigenvalue weighted by atomic mass is 10.2. The van der Waals surface area contributed by atoms with Crippen molar-refractivity contribution in [2.75, 3.05) is 0 Å². The predicted molar refractivity (Wildman–Crippen MR) is 124 cm³/mol. The van der Waals surface area contributed by atoms with E-state index >= 15 is 0 Å². The number of carboxylic acid groups (broad SMARTS) is 1. The number of thiazole rings is 1. The Morgan fingerprint density at radius 2 is 1.68 bits per heavy atom. The molecular formula is C23H19N3O7S. The molecule has 4 aromatic rings. The second-order valence-electron chi connectivity index (χ2n) is 6.82. The summed E-state index contributed by atoms with van der Waals surface area (Å²) in [5.41, 5.74) is 0.898. The van der Waals surface area contributed by atoms with Crippen molar-refractivity contribution >= 4 is 40.3 Å². The first-order valence-corrected chi connectivity index (χ1v) is 10.6. The van der Waals surface area contributed by atoms with Crippen LogP contribution in [-0.2, 0) is 14.4 Å². The lowest BCUT2D eigenvalue weighted by molar-refractivity contribution is -0.134. The zero-order valence-corrected chi connectivity index (χ0v) is 19.2. The van der Waals surface area contributed by atoms with Crippen molar-refractivity contribution in [3.8, 4) is 22.9 Å². The first kappa shape index (κ1) is 24.3. The monoisotopic (exact) mass is 481 g/mol. The average Bonchev–Trinajstić information content (AvgIpc) is 3.27. The van der Waals surface area contributed by atoms with Crippen LogP contribution in [0.1, 0.15) is 26.3 Å². The molecule has 0 radical (unpaired) electrons. The highest BCUT2D eigenvalue weighted by Gasteiger charge is 2.16. The van der Waals surface area contributed by atoms with Gasteiger partial charge < -0.3 is 14.6 Å². The van der Waals surface area contributed by atoms with Gasteiger partial charge in [-0.15, -0.1) is 5.10 Å². The summed E-state index contributed by atoms with van der Waals surface area (Å²) in [7, 11) is 0. The van der Waals surface area contributed by atoms with Crippen LogP contribution in [0.25, 0.3) is 22.4 Å². The molecule has 10 nitrogen and oxygen atoms in total.